The largest absolute Gasteiger partial charge is 0.324 e. The molecular weight excluding hydrogens is 224 g/mol. The van der Waals surface area contributed by atoms with E-state index < -0.39 is 0 Å². The molecule has 3 aliphatic carbocycles. The van der Waals surface area contributed by atoms with Gasteiger partial charge in [0.05, 0.1) is 12.2 Å². The first-order valence-electron chi connectivity index (χ1n) is 7.45. The molecule has 3 atom stereocenters. The second kappa shape index (κ2) is 2.95. The Hall–Kier alpha value is -0.570. The van der Waals surface area contributed by atoms with Crippen molar-refractivity contribution in [1.29, 1.82) is 0 Å². The van der Waals surface area contributed by atoms with Crippen LogP contribution in [0.3, 0.4) is 0 Å². The smallest absolute Gasteiger partial charge is 0.244 e. The highest BCUT2D eigenvalue weighted by molar-refractivity contribution is 5.91. The molecule has 4 aliphatic rings. The first-order chi connectivity index (χ1) is 8.39. The molecule has 0 aromatic rings. The summed E-state index contributed by atoms with van der Waals surface area (Å²) >= 11 is 0. The highest BCUT2D eigenvalue weighted by Crippen LogP contribution is 2.64. The van der Waals surface area contributed by atoms with E-state index >= 15 is 0 Å². The molecule has 0 radical (unpaired) electrons. The van der Waals surface area contributed by atoms with Crippen LogP contribution in [-0.4, -0.2) is 29.1 Å². The van der Waals surface area contributed by atoms with Crippen molar-refractivity contribution in [2.75, 3.05) is 6.67 Å². The number of fused-ring (bicyclic) bond motifs is 2. The third-order valence-corrected chi connectivity index (χ3v) is 6.51. The van der Waals surface area contributed by atoms with E-state index in [1.54, 1.807) is 0 Å². The van der Waals surface area contributed by atoms with Crippen LogP contribution >= 0.6 is 0 Å². The van der Waals surface area contributed by atoms with Crippen molar-refractivity contribution in [3.63, 3.8) is 0 Å². The second-order valence-corrected chi connectivity index (χ2v) is 8.01. The quantitative estimate of drug-likeness (QED) is 0.771. The lowest BCUT2D eigenvalue weighted by Crippen LogP contribution is -2.54. The molecule has 4 fully saturated rings. The van der Waals surface area contributed by atoms with E-state index in [2.05, 4.69) is 31.0 Å². The second-order valence-electron chi connectivity index (χ2n) is 8.01. The predicted molar refractivity (Wildman–Crippen MR) is 69.8 cm³/mol. The van der Waals surface area contributed by atoms with Gasteiger partial charge in [0.2, 0.25) is 5.91 Å². The van der Waals surface area contributed by atoms with Crippen molar-refractivity contribution in [3.05, 3.63) is 0 Å². The van der Waals surface area contributed by atoms with Crippen LogP contribution in [0, 0.1) is 16.7 Å². The lowest BCUT2D eigenvalue weighted by molar-refractivity contribution is -0.137. The van der Waals surface area contributed by atoms with Crippen LogP contribution in [0.2, 0.25) is 0 Å². The van der Waals surface area contributed by atoms with E-state index in [1.807, 2.05) is 0 Å². The van der Waals surface area contributed by atoms with Crippen molar-refractivity contribution in [3.8, 4) is 0 Å². The molecule has 3 heteroatoms. The maximum absolute atomic E-state index is 12.6. The number of amides is 1. The molecule has 3 unspecified atom stereocenters. The minimum Gasteiger partial charge on any atom is -0.324 e. The van der Waals surface area contributed by atoms with Crippen LogP contribution in [0.5, 0.6) is 0 Å². The summed E-state index contributed by atoms with van der Waals surface area (Å²) in [5.41, 5.74) is 0.533. The van der Waals surface area contributed by atoms with Crippen LogP contribution in [-0.2, 0) is 4.79 Å². The van der Waals surface area contributed by atoms with E-state index in [4.69, 9.17) is 0 Å². The molecule has 1 heterocycles. The van der Waals surface area contributed by atoms with Gasteiger partial charge in [-0.1, -0.05) is 20.8 Å². The Morgan fingerprint density at radius 3 is 2.44 bits per heavy atom. The van der Waals surface area contributed by atoms with Gasteiger partial charge in [-0.05, 0) is 48.9 Å². The van der Waals surface area contributed by atoms with Gasteiger partial charge in [-0.15, -0.1) is 0 Å². The number of hydrogen-bond acceptors (Lipinski definition) is 2. The Balaban J connectivity index is 1.70. The molecule has 3 saturated carbocycles. The van der Waals surface area contributed by atoms with Crippen molar-refractivity contribution in [2.24, 2.45) is 16.7 Å². The fourth-order valence-corrected chi connectivity index (χ4v) is 5.44. The van der Waals surface area contributed by atoms with Gasteiger partial charge in [0.25, 0.3) is 0 Å². The molecule has 0 aromatic carbocycles. The maximum Gasteiger partial charge on any atom is 0.244 e. The van der Waals surface area contributed by atoms with E-state index in [0.29, 0.717) is 22.8 Å². The topological polar surface area (TPSA) is 32.3 Å². The summed E-state index contributed by atoms with van der Waals surface area (Å²) in [7, 11) is 0. The average molecular weight is 248 g/mol. The van der Waals surface area contributed by atoms with Gasteiger partial charge in [-0.25, -0.2) is 0 Å². The summed E-state index contributed by atoms with van der Waals surface area (Å²) in [6, 6.07) is 0.448. The molecule has 1 aliphatic heterocycles. The van der Waals surface area contributed by atoms with Crippen LogP contribution in [0.15, 0.2) is 0 Å². The molecule has 0 aromatic heterocycles. The first kappa shape index (κ1) is 11.3. The zero-order chi connectivity index (χ0) is 12.8. The van der Waals surface area contributed by atoms with Crippen molar-refractivity contribution in [1.82, 2.24) is 10.2 Å². The van der Waals surface area contributed by atoms with Crippen LogP contribution in [0.1, 0.15) is 52.9 Å². The highest BCUT2D eigenvalue weighted by atomic mass is 16.2. The van der Waals surface area contributed by atoms with Crippen molar-refractivity contribution in [2.45, 2.75) is 64.5 Å². The molecule has 1 N–H and O–H groups in total. The molecule has 3 nitrogen and oxygen atoms in total. The van der Waals surface area contributed by atoms with Gasteiger partial charge in [0.1, 0.15) is 0 Å². The average Bonchev–Trinajstić information content (AvgIpc) is 2.82. The van der Waals surface area contributed by atoms with Crippen molar-refractivity contribution >= 4 is 5.91 Å². The van der Waals surface area contributed by atoms with Crippen LogP contribution < -0.4 is 5.32 Å². The molecule has 2 bridgehead atoms. The summed E-state index contributed by atoms with van der Waals surface area (Å²) in [6.07, 6.45) is 6.09. The Bertz CT molecular complexity index is 421. The number of hydrogen-bond donors (Lipinski definition) is 1. The van der Waals surface area contributed by atoms with Gasteiger partial charge < -0.3 is 4.90 Å². The minimum absolute atomic E-state index is 0.131. The monoisotopic (exact) mass is 248 g/mol. The Morgan fingerprint density at radius 2 is 1.94 bits per heavy atom. The summed E-state index contributed by atoms with van der Waals surface area (Å²) in [4.78, 5) is 14.8. The van der Waals surface area contributed by atoms with Gasteiger partial charge >= 0.3 is 0 Å². The minimum atomic E-state index is -0.131. The summed E-state index contributed by atoms with van der Waals surface area (Å²) in [5.74, 6) is 1.21. The standard InChI is InChI=1S/C15H24N2O/c1-13(2)10-4-5-14(3,8-10)11(13)17-9-16-15(6-7-15)12(17)18/h10-11,16H,4-9H2,1-3H3. The zero-order valence-corrected chi connectivity index (χ0v) is 11.8. The van der Waals surface area contributed by atoms with Crippen LogP contribution in [0.4, 0.5) is 0 Å². The molecule has 100 valence electrons. The number of carbonyl (C=O) groups is 1. The lowest BCUT2D eigenvalue weighted by Gasteiger charge is -2.47. The van der Waals surface area contributed by atoms with E-state index in [-0.39, 0.29) is 5.54 Å². The SMILES string of the molecule is CC12CCC(C1)C(C)(C)C2N1CNC2(CC2)C1=O. The van der Waals surface area contributed by atoms with Gasteiger partial charge in [-0.2, -0.15) is 0 Å². The Labute approximate surface area is 109 Å². The molecular formula is C15H24N2O. The van der Waals surface area contributed by atoms with E-state index in [9.17, 15) is 4.79 Å². The Morgan fingerprint density at radius 1 is 1.22 bits per heavy atom. The van der Waals surface area contributed by atoms with Crippen molar-refractivity contribution < 1.29 is 4.79 Å². The third-order valence-electron chi connectivity index (χ3n) is 6.51. The summed E-state index contributed by atoms with van der Waals surface area (Å²) < 4.78 is 0. The zero-order valence-electron chi connectivity index (χ0n) is 11.8. The maximum atomic E-state index is 12.6. The van der Waals surface area contributed by atoms with Crippen LogP contribution in [0.25, 0.3) is 0 Å². The normalized spacial score (nSPS) is 47.3. The van der Waals surface area contributed by atoms with E-state index in [0.717, 1.165) is 25.4 Å². The summed E-state index contributed by atoms with van der Waals surface area (Å²) in [6.45, 7) is 7.97. The third kappa shape index (κ3) is 1.13. The fourth-order valence-electron chi connectivity index (χ4n) is 5.44. The molecule has 4 rings (SSSR count). The van der Waals surface area contributed by atoms with E-state index in [1.165, 1.54) is 19.3 Å². The highest BCUT2D eigenvalue weighted by Gasteiger charge is 2.66. The summed E-state index contributed by atoms with van der Waals surface area (Å²) in [5, 5.41) is 3.47. The number of carbonyl (C=O) groups excluding carboxylic acids is 1. The number of nitrogens with zero attached hydrogens (tertiary/aromatic N) is 1. The molecule has 1 amide bonds. The van der Waals surface area contributed by atoms with Gasteiger partial charge in [-0.3, -0.25) is 10.1 Å². The first-order valence-corrected chi connectivity index (χ1v) is 7.45. The van der Waals surface area contributed by atoms with Gasteiger partial charge in [0.15, 0.2) is 0 Å². The van der Waals surface area contributed by atoms with Gasteiger partial charge in [0, 0.05) is 6.04 Å². The Kier molecular flexibility index (Phi) is 1.85. The lowest BCUT2D eigenvalue weighted by atomic mass is 9.67. The molecule has 1 spiro atoms. The fraction of sp³-hybridized carbons (Fsp3) is 0.933. The number of rotatable bonds is 1. The molecule has 18 heavy (non-hydrogen) atoms. The number of nitrogens with one attached hydrogen (secondary N) is 1. The predicted octanol–water partition coefficient (Wildman–Crippen LogP) is 2.12. The molecule has 1 saturated heterocycles.